The molecule has 84 valence electrons. The second-order valence-electron chi connectivity index (χ2n) is 3.18. The first-order chi connectivity index (χ1) is 6.94. The van der Waals surface area contributed by atoms with E-state index in [1.165, 1.54) is 25.2 Å². The van der Waals surface area contributed by atoms with Gasteiger partial charge < -0.3 is 5.32 Å². The number of hydrogen-bond acceptors (Lipinski definition) is 1. The summed E-state index contributed by atoms with van der Waals surface area (Å²) in [6.07, 6.45) is -5.39. The van der Waals surface area contributed by atoms with Crippen molar-refractivity contribution in [1.29, 1.82) is 0 Å². The van der Waals surface area contributed by atoms with E-state index in [4.69, 9.17) is 0 Å². The molecule has 0 bridgehead atoms. The number of hydrogen-bond donors (Lipinski definition) is 1. The highest BCUT2D eigenvalue weighted by Crippen LogP contribution is 2.30. The van der Waals surface area contributed by atoms with Crippen molar-refractivity contribution in [2.75, 3.05) is 7.05 Å². The molecule has 0 aliphatic rings. The molecule has 1 unspecified atom stereocenters. The minimum atomic E-state index is -4.31. The van der Waals surface area contributed by atoms with Gasteiger partial charge in [-0.15, -0.1) is 0 Å². The van der Waals surface area contributed by atoms with E-state index in [0.29, 0.717) is 0 Å². The van der Waals surface area contributed by atoms with Gasteiger partial charge >= 0.3 is 6.18 Å². The van der Waals surface area contributed by atoms with E-state index in [1.807, 2.05) is 0 Å². The molecule has 15 heavy (non-hydrogen) atoms. The molecular formula is C10H11F4N. The van der Waals surface area contributed by atoms with Crippen molar-refractivity contribution in [2.45, 2.75) is 18.6 Å². The Bertz CT molecular complexity index is 321. The minimum absolute atomic E-state index is 0.0392. The number of benzene rings is 1. The summed E-state index contributed by atoms with van der Waals surface area (Å²) in [5.74, 6) is -0.624. The third-order valence-electron chi connectivity index (χ3n) is 2.06. The first-order valence-electron chi connectivity index (χ1n) is 4.42. The van der Waals surface area contributed by atoms with Crippen molar-refractivity contribution in [3.63, 3.8) is 0 Å². The van der Waals surface area contributed by atoms with E-state index in [-0.39, 0.29) is 5.56 Å². The number of nitrogens with one attached hydrogen (secondary N) is 1. The lowest BCUT2D eigenvalue weighted by Crippen LogP contribution is -2.24. The molecule has 1 aromatic carbocycles. The highest BCUT2D eigenvalue weighted by Gasteiger charge is 2.32. The molecule has 0 aliphatic heterocycles. The van der Waals surface area contributed by atoms with E-state index in [9.17, 15) is 17.6 Å². The van der Waals surface area contributed by atoms with Crippen molar-refractivity contribution in [2.24, 2.45) is 0 Å². The number of alkyl halides is 3. The van der Waals surface area contributed by atoms with Crippen LogP contribution in [0.3, 0.4) is 0 Å². The van der Waals surface area contributed by atoms with Crippen LogP contribution in [0.4, 0.5) is 17.6 Å². The largest absolute Gasteiger partial charge is 0.390 e. The highest BCUT2D eigenvalue weighted by molar-refractivity contribution is 5.21. The van der Waals surface area contributed by atoms with Gasteiger partial charge in [-0.2, -0.15) is 13.2 Å². The van der Waals surface area contributed by atoms with E-state index < -0.39 is 24.5 Å². The molecule has 1 nitrogen and oxygen atoms in total. The van der Waals surface area contributed by atoms with E-state index in [1.54, 1.807) is 0 Å². The summed E-state index contributed by atoms with van der Waals surface area (Å²) in [6.45, 7) is 0. The quantitative estimate of drug-likeness (QED) is 0.773. The molecule has 5 heteroatoms. The second-order valence-corrected chi connectivity index (χ2v) is 3.18. The van der Waals surface area contributed by atoms with Gasteiger partial charge in [0.2, 0.25) is 0 Å². The minimum Gasteiger partial charge on any atom is -0.313 e. The summed E-state index contributed by atoms with van der Waals surface area (Å²) in [7, 11) is 1.38. The van der Waals surface area contributed by atoms with Gasteiger partial charge in [0.25, 0.3) is 0 Å². The Morgan fingerprint density at radius 2 is 1.87 bits per heavy atom. The van der Waals surface area contributed by atoms with Crippen molar-refractivity contribution < 1.29 is 17.6 Å². The Labute approximate surface area is 85.1 Å². The Balaban J connectivity index is 2.88. The maximum Gasteiger partial charge on any atom is 0.390 e. The molecule has 1 N–H and O–H groups in total. The summed E-state index contributed by atoms with van der Waals surface area (Å²) in [5.41, 5.74) is 0.0392. The number of rotatable bonds is 3. The summed E-state index contributed by atoms with van der Waals surface area (Å²) < 4.78 is 49.6. The average molecular weight is 221 g/mol. The fraction of sp³-hybridized carbons (Fsp3) is 0.400. The van der Waals surface area contributed by atoms with Crippen LogP contribution in [0.2, 0.25) is 0 Å². The average Bonchev–Trinajstić information content (AvgIpc) is 2.14. The standard InChI is InChI=1S/C10H11F4N/c1-15-9(6-10(12,13)14)7-4-2-3-5-8(7)11/h2-5,9,15H,6H2,1H3. The lowest BCUT2D eigenvalue weighted by atomic mass is 10.0. The molecule has 0 radical (unpaired) electrons. The Kier molecular flexibility index (Phi) is 3.68. The fourth-order valence-corrected chi connectivity index (χ4v) is 1.36. The predicted molar refractivity (Wildman–Crippen MR) is 48.9 cm³/mol. The molecule has 0 spiro atoms. The Morgan fingerprint density at radius 1 is 1.27 bits per heavy atom. The van der Waals surface area contributed by atoms with E-state index >= 15 is 0 Å². The third-order valence-corrected chi connectivity index (χ3v) is 2.06. The van der Waals surface area contributed by atoms with Gasteiger partial charge in [0, 0.05) is 11.6 Å². The maximum atomic E-state index is 13.2. The Morgan fingerprint density at radius 3 is 2.33 bits per heavy atom. The van der Waals surface area contributed by atoms with Gasteiger partial charge in [-0.1, -0.05) is 18.2 Å². The molecule has 0 fully saturated rings. The number of halogens is 4. The Hall–Kier alpha value is -1.10. The van der Waals surface area contributed by atoms with Crippen LogP contribution in [0.25, 0.3) is 0 Å². The van der Waals surface area contributed by atoms with Gasteiger partial charge in [0.1, 0.15) is 5.82 Å². The summed E-state index contributed by atoms with van der Waals surface area (Å²) >= 11 is 0. The van der Waals surface area contributed by atoms with Crippen LogP contribution >= 0.6 is 0 Å². The van der Waals surface area contributed by atoms with Gasteiger partial charge in [0.15, 0.2) is 0 Å². The van der Waals surface area contributed by atoms with Crippen molar-refractivity contribution in [1.82, 2.24) is 5.32 Å². The molecule has 0 amide bonds. The molecule has 1 atom stereocenters. The summed E-state index contributed by atoms with van der Waals surface area (Å²) in [4.78, 5) is 0. The van der Waals surface area contributed by atoms with Crippen LogP contribution in [0.15, 0.2) is 24.3 Å². The zero-order chi connectivity index (χ0) is 11.5. The highest BCUT2D eigenvalue weighted by atomic mass is 19.4. The third kappa shape index (κ3) is 3.51. The van der Waals surface area contributed by atoms with Crippen molar-refractivity contribution in [3.05, 3.63) is 35.6 Å². The molecule has 0 aliphatic carbocycles. The molecule has 1 aromatic rings. The van der Waals surface area contributed by atoms with Crippen molar-refractivity contribution in [3.8, 4) is 0 Å². The molecular weight excluding hydrogens is 210 g/mol. The molecule has 0 aromatic heterocycles. The molecule has 0 heterocycles. The normalized spacial score (nSPS) is 13.9. The first kappa shape index (κ1) is 12.0. The lowest BCUT2D eigenvalue weighted by Gasteiger charge is -2.18. The molecule has 1 rings (SSSR count). The van der Waals surface area contributed by atoms with Gasteiger partial charge in [-0.3, -0.25) is 0 Å². The van der Waals surface area contributed by atoms with Crippen LogP contribution in [-0.4, -0.2) is 13.2 Å². The molecule has 0 saturated heterocycles. The van der Waals surface area contributed by atoms with Crippen LogP contribution in [0.1, 0.15) is 18.0 Å². The van der Waals surface area contributed by atoms with E-state index in [2.05, 4.69) is 5.32 Å². The zero-order valence-electron chi connectivity index (χ0n) is 8.11. The van der Waals surface area contributed by atoms with Crippen LogP contribution in [0.5, 0.6) is 0 Å². The smallest absolute Gasteiger partial charge is 0.313 e. The monoisotopic (exact) mass is 221 g/mol. The van der Waals surface area contributed by atoms with Crippen molar-refractivity contribution >= 4 is 0 Å². The SMILES string of the molecule is CNC(CC(F)(F)F)c1ccccc1F. The van der Waals surface area contributed by atoms with Gasteiger partial charge in [-0.05, 0) is 13.1 Å². The topological polar surface area (TPSA) is 12.0 Å². The lowest BCUT2D eigenvalue weighted by molar-refractivity contribution is -0.140. The summed E-state index contributed by atoms with van der Waals surface area (Å²) in [6, 6.07) is 4.42. The predicted octanol–water partition coefficient (Wildman–Crippen LogP) is 3.04. The summed E-state index contributed by atoms with van der Waals surface area (Å²) in [5, 5.41) is 2.46. The van der Waals surface area contributed by atoms with Gasteiger partial charge in [0.05, 0.1) is 6.42 Å². The second kappa shape index (κ2) is 4.61. The fourth-order valence-electron chi connectivity index (χ4n) is 1.36. The van der Waals surface area contributed by atoms with E-state index in [0.717, 1.165) is 6.07 Å². The van der Waals surface area contributed by atoms with Crippen LogP contribution < -0.4 is 5.32 Å². The first-order valence-corrected chi connectivity index (χ1v) is 4.42. The van der Waals surface area contributed by atoms with Crippen LogP contribution in [0, 0.1) is 5.82 Å². The van der Waals surface area contributed by atoms with Gasteiger partial charge in [-0.25, -0.2) is 4.39 Å². The maximum absolute atomic E-state index is 13.2. The zero-order valence-corrected chi connectivity index (χ0v) is 8.11. The molecule has 0 saturated carbocycles. The van der Waals surface area contributed by atoms with Crippen LogP contribution in [-0.2, 0) is 0 Å².